The Morgan fingerprint density at radius 1 is 0.529 bits per heavy atom. The zero-order chi connectivity index (χ0) is 26.4. The number of hydrogen-bond donors (Lipinski definition) is 0. The Bertz CT molecular complexity index is 868. The largest absolute Gasteiger partial charge is 0.298 e. The molecule has 1 rings (SSSR count). The minimum Gasteiger partial charge on any atom is -0.298 e. The van der Waals surface area contributed by atoms with Gasteiger partial charge in [-0.2, -0.15) is 0 Å². The van der Waals surface area contributed by atoms with Gasteiger partial charge in [0.2, 0.25) is 0 Å². The molecule has 0 saturated heterocycles. The van der Waals surface area contributed by atoms with Crippen LogP contribution < -0.4 is 0 Å². The second-order valence-electron chi connectivity index (χ2n) is 11.6. The van der Waals surface area contributed by atoms with Crippen molar-refractivity contribution in [2.45, 2.75) is 116 Å². The first-order valence-electron chi connectivity index (χ1n) is 12.9. The van der Waals surface area contributed by atoms with E-state index in [4.69, 9.17) is 0 Å². The second-order valence-corrected chi connectivity index (χ2v) is 22.7. The highest BCUT2D eigenvalue weighted by Crippen LogP contribution is 2.42. The molecule has 1 aromatic carbocycles. The van der Waals surface area contributed by atoms with Gasteiger partial charge in [-0.3, -0.25) is 9.59 Å². The van der Waals surface area contributed by atoms with Gasteiger partial charge in [-0.15, -0.1) is 11.1 Å². The molecular formula is C30H46O2Si2. The third kappa shape index (κ3) is 5.84. The van der Waals surface area contributed by atoms with Crippen LogP contribution in [0.3, 0.4) is 0 Å². The van der Waals surface area contributed by atoms with Crippen LogP contribution in [0.5, 0.6) is 0 Å². The monoisotopic (exact) mass is 494 g/mol. The highest BCUT2D eigenvalue weighted by Gasteiger charge is 2.42. The number of benzene rings is 1. The third-order valence-corrected chi connectivity index (χ3v) is 20.6. The van der Waals surface area contributed by atoms with Crippen LogP contribution in [0.4, 0.5) is 0 Å². The lowest BCUT2D eigenvalue weighted by Gasteiger charge is -2.38. The van der Waals surface area contributed by atoms with Crippen molar-refractivity contribution in [2.24, 2.45) is 0 Å². The smallest absolute Gasteiger partial charge is 0.150 e. The lowest BCUT2D eigenvalue weighted by atomic mass is 10.0. The fraction of sp³-hybridized carbons (Fsp3) is 0.600. The molecule has 0 aliphatic heterocycles. The first-order valence-corrected chi connectivity index (χ1v) is 17.3. The lowest BCUT2D eigenvalue weighted by Crippen LogP contribution is -2.43. The minimum atomic E-state index is -1.95. The molecule has 0 radical (unpaired) electrons. The molecule has 2 nitrogen and oxygen atoms in total. The zero-order valence-electron chi connectivity index (χ0n) is 23.6. The summed E-state index contributed by atoms with van der Waals surface area (Å²) in [4.78, 5) is 23.5. The van der Waals surface area contributed by atoms with Crippen LogP contribution in [0.1, 0.15) is 115 Å². The van der Waals surface area contributed by atoms with Gasteiger partial charge in [0.05, 0.1) is 0 Å². The topological polar surface area (TPSA) is 34.1 Å². The van der Waals surface area contributed by atoms with Crippen LogP contribution in [-0.2, 0) is 0 Å². The van der Waals surface area contributed by atoms with E-state index in [2.05, 4.69) is 106 Å². The highest BCUT2D eigenvalue weighted by atomic mass is 28.3. The molecule has 1 aromatic rings. The predicted molar refractivity (Wildman–Crippen MR) is 153 cm³/mol. The zero-order valence-corrected chi connectivity index (χ0v) is 25.6. The Morgan fingerprint density at radius 3 is 0.941 bits per heavy atom. The molecule has 0 atom stereocenters. The number of carbonyl (C=O) groups excluding carboxylic acids is 2. The average Bonchev–Trinajstić information content (AvgIpc) is 2.73. The Hall–Kier alpha value is -1.89. The van der Waals surface area contributed by atoms with Crippen molar-refractivity contribution in [3.63, 3.8) is 0 Å². The van der Waals surface area contributed by atoms with Crippen molar-refractivity contribution < 1.29 is 9.59 Å². The van der Waals surface area contributed by atoms with Crippen molar-refractivity contribution >= 4 is 28.7 Å². The number of carbonyl (C=O) groups is 2. The molecule has 4 heteroatoms. The van der Waals surface area contributed by atoms with Crippen LogP contribution in [-0.4, -0.2) is 28.7 Å². The van der Waals surface area contributed by atoms with Gasteiger partial charge in [0.1, 0.15) is 16.1 Å². The molecule has 0 aliphatic carbocycles. The summed E-state index contributed by atoms with van der Waals surface area (Å²) in [6, 6.07) is 3.55. The predicted octanol–water partition coefficient (Wildman–Crippen LogP) is 8.45. The number of rotatable bonds is 8. The van der Waals surface area contributed by atoms with Crippen LogP contribution in [0.25, 0.3) is 0 Å². The van der Waals surface area contributed by atoms with E-state index in [-0.39, 0.29) is 0 Å². The van der Waals surface area contributed by atoms with E-state index < -0.39 is 16.1 Å². The molecule has 34 heavy (non-hydrogen) atoms. The molecule has 186 valence electrons. The molecule has 0 bridgehead atoms. The molecule has 0 aliphatic rings. The van der Waals surface area contributed by atoms with E-state index >= 15 is 0 Å². The van der Waals surface area contributed by atoms with E-state index in [0.29, 0.717) is 44.4 Å². The molecule has 0 fully saturated rings. The van der Waals surface area contributed by atoms with E-state index in [1.807, 2.05) is 0 Å². The normalized spacial score (nSPS) is 12.3. The number of aldehydes is 2. The van der Waals surface area contributed by atoms with Crippen LogP contribution in [0, 0.1) is 22.9 Å². The lowest BCUT2D eigenvalue weighted by molar-refractivity contribution is 0.109. The van der Waals surface area contributed by atoms with E-state index in [9.17, 15) is 9.59 Å². The maximum absolute atomic E-state index is 11.7. The van der Waals surface area contributed by atoms with Gasteiger partial charge in [-0.25, -0.2) is 0 Å². The summed E-state index contributed by atoms with van der Waals surface area (Å²) >= 11 is 0. The third-order valence-electron chi connectivity index (χ3n) is 8.04. The van der Waals surface area contributed by atoms with Crippen molar-refractivity contribution in [3.05, 3.63) is 34.4 Å². The maximum Gasteiger partial charge on any atom is 0.150 e. The van der Waals surface area contributed by atoms with Gasteiger partial charge >= 0.3 is 0 Å². The van der Waals surface area contributed by atoms with Gasteiger partial charge in [0, 0.05) is 22.3 Å². The molecule has 0 unspecified atom stereocenters. The molecule has 0 N–H and O–H groups in total. The van der Waals surface area contributed by atoms with E-state index in [1.54, 1.807) is 12.1 Å². The summed E-state index contributed by atoms with van der Waals surface area (Å²) in [5.41, 5.74) is 12.9. The summed E-state index contributed by atoms with van der Waals surface area (Å²) < 4.78 is 0. The summed E-state index contributed by atoms with van der Waals surface area (Å²) in [5, 5.41) is 0. The minimum absolute atomic E-state index is 0.385. The fourth-order valence-corrected chi connectivity index (χ4v) is 16.7. The van der Waals surface area contributed by atoms with Gasteiger partial charge in [-0.05, 0) is 45.4 Å². The van der Waals surface area contributed by atoms with Crippen LogP contribution >= 0.6 is 0 Å². The first-order chi connectivity index (χ1) is 15.7. The average molecular weight is 495 g/mol. The Kier molecular flexibility index (Phi) is 10.8. The standard InChI is InChI=1S/C30H46O2Si2/c1-21(2)33(22(3)4,23(5)6)15-13-27-17-29(19-31)30(20-32)18-28(27)14-16-34(24(7)8,25(9)10)26(11)12/h17-26H,1-12H3. The van der Waals surface area contributed by atoms with Crippen LogP contribution in [0.15, 0.2) is 12.1 Å². The quantitative estimate of drug-likeness (QED) is 0.206. The van der Waals surface area contributed by atoms with Gasteiger partial charge in [0.25, 0.3) is 0 Å². The summed E-state index contributed by atoms with van der Waals surface area (Å²) in [6.07, 6.45) is 1.50. The second kappa shape index (κ2) is 12.2. The van der Waals surface area contributed by atoms with E-state index in [0.717, 1.165) is 23.7 Å². The van der Waals surface area contributed by atoms with Crippen LogP contribution in [0.2, 0.25) is 33.2 Å². The van der Waals surface area contributed by atoms with E-state index in [1.165, 1.54) is 0 Å². The summed E-state index contributed by atoms with van der Waals surface area (Å²) in [7, 11) is -3.91. The Labute approximate surface area is 211 Å². The molecule has 0 amide bonds. The SMILES string of the molecule is CC(C)[Si](C#Cc1cc(C=O)c(C=O)cc1C#C[Si](C(C)C)(C(C)C)C(C)C)(C(C)C)C(C)C. The molecule has 0 heterocycles. The highest BCUT2D eigenvalue weighted by molar-refractivity contribution is 6.91. The Balaban J connectivity index is 3.97. The Morgan fingerprint density at radius 2 is 0.765 bits per heavy atom. The molecule has 0 saturated carbocycles. The van der Waals surface area contributed by atoms with Gasteiger partial charge in [0.15, 0.2) is 12.6 Å². The van der Waals surface area contributed by atoms with Crippen molar-refractivity contribution in [2.75, 3.05) is 0 Å². The van der Waals surface area contributed by atoms with Crippen molar-refractivity contribution in [1.82, 2.24) is 0 Å². The maximum atomic E-state index is 11.7. The van der Waals surface area contributed by atoms with Crippen molar-refractivity contribution in [3.8, 4) is 22.9 Å². The molecule has 0 aromatic heterocycles. The number of hydrogen-bond acceptors (Lipinski definition) is 2. The van der Waals surface area contributed by atoms with Gasteiger partial charge in [-0.1, -0.05) is 94.9 Å². The summed E-state index contributed by atoms with van der Waals surface area (Å²) in [6.45, 7) is 27.5. The molecular weight excluding hydrogens is 449 g/mol. The first kappa shape index (κ1) is 30.1. The van der Waals surface area contributed by atoms with Crippen molar-refractivity contribution in [1.29, 1.82) is 0 Å². The summed E-state index contributed by atoms with van der Waals surface area (Å²) in [5.74, 6) is 7.00. The fourth-order valence-electron chi connectivity index (χ4n) is 6.26. The molecule has 0 spiro atoms. The van der Waals surface area contributed by atoms with Gasteiger partial charge < -0.3 is 0 Å².